The maximum atomic E-state index is 13.4. The summed E-state index contributed by atoms with van der Waals surface area (Å²) in [4.78, 5) is 0. The Kier molecular flexibility index (Phi) is 3.33. The number of anilines is 1. The van der Waals surface area contributed by atoms with Crippen LogP contribution in [0.15, 0.2) is 12.1 Å². The number of ether oxygens (including phenoxy) is 1. The van der Waals surface area contributed by atoms with Crippen LogP contribution in [0.25, 0.3) is 0 Å². The number of halogens is 2. The van der Waals surface area contributed by atoms with Gasteiger partial charge in [0, 0.05) is 6.07 Å². The van der Waals surface area contributed by atoms with Crippen LogP contribution >= 0.6 is 11.6 Å². The first-order valence-electron chi connectivity index (χ1n) is 6.62. The fourth-order valence-electron chi connectivity index (χ4n) is 2.96. The SMILES string of the molecule is Fc1cc2c(cc1Cl)NCC(CC1CCCC1)O2. The van der Waals surface area contributed by atoms with Crippen molar-refractivity contribution in [3.63, 3.8) is 0 Å². The molecule has 2 nitrogen and oxygen atoms in total. The summed E-state index contributed by atoms with van der Waals surface area (Å²) >= 11 is 5.75. The smallest absolute Gasteiger partial charge is 0.145 e. The molecule has 1 aliphatic heterocycles. The van der Waals surface area contributed by atoms with E-state index in [0.717, 1.165) is 24.6 Å². The molecule has 1 unspecified atom stereocenters. The van der Waals surface area contributed by atoms with Crippen LogP contribution in [0.3, 0.4) is 0 Å². The molecule has 1 aromatic rings. The van der Waals surface area contributed by atoms with Crippen LogP contribution in [0.5, 0.6) is 5.75 Å². The van der Waals surface area contributed by atoms with Crippen molar-refractivity contribution in [3.8, 4) is 5.75 Å². The summed E-state index contributed by atoms with van der Waals surface area (Å²) in [6.07, 6.45) is 6.51. The fraction of sp³-hybridized carbons (Fsp3) is 0.571. The second kappa shape index (κ2) is 4.96. The van der Waals surface area contributed by atoms with Crippen LogP contribution in [0, 0.1) is 11.7 Å². The minimum Gasteiger partial charge on any atom is -0.486 e. The van der Waals surface area contributed by atoms with Gasteiger partial charge in [-0.15, -0.1) is 0 Å². The molecule has 0 spiro atoms. The summed E-state index contributed by atoms with van der Waals surface area (Å²) in [6, 6.07) is 2.98. The van der Waals surface area contributed by atoms with Gasteiger partial charge in [0.1, 0.15) is 17.7 Å². The van der Waals surface area contributed by atoms with Gasteiger partial charge in [0.25, 0.3) is 0 Å². The zero-order valence-corrected chi connectivity index (χ0v) is 11.0. The first-order chi connectivity index (χ1) is 8.72. The molecule has 4 heteroatoms. The molecule has 0 aromatic heterocycles. The minimum absolute atomic E-state index is 0.138. The van der Waals surface area contributed by atoms with Gasteiger partial charge in [0.2, 0.25) is 0 Å². The number of rotatable bonds is 2. The molecule has 0 bridgehead atoms. The van der Waals surface area contributed by atoms with Crippen molar-refractivity contribution in [2.45, 2.75) is 38.2 Å². The molecule has 1 aliphatic carbocycles. The highest BCUT2D eigenvalue weighted by Gasteiger charge is 2.25. The normalized spacial score (nSPS) is 23.3. The highest BCUT2D eigenvalue weighted by Crippen LogP contribution is 2.36. The predicted molar refractivity (Wildman–Crippen MR) is 70.9 cm³/mol. The van der Waals surface area contributed by atoms with Crippen molar-refractivity contribution in [1.82, 2.24) is 0 Å². The van der Waals surface area contributed by atoms with Crippen LogP contribution < -0.4 is 10.1 Å². The largest absolute Gasteiger partial charge is 0.486 e. The van der Waals surface area contributed by atoms with Crippen LogP contribution in [0.1, 0.15) is 32.1 Å². The van der Waals surface area contributed by atoms with E-state index in [1.807, 2.05) is 0 Å². The average Bonchev–Trinajstić information content (AvgIpc) is 2.84. The first kappa shape index (κ1) is 12.1. The summed E-state index contributed by atoms with van der Waals surface area (Å²) in [5.41, 5.74) is 0.795. The number of hydrogen-bond acceptors (Lipinski definition) is 2. The molecule has 0 radical (unpaired) electrons. The molecule has 2 aliphatic rings. The van der Waals surface area contributed by atoms with Crippen molar-refractivity contribution < 1.29 is 9.13 Å². The Hall–Kier alpha value is -0.960. The standard InChI is InChI=1S/C14H17ClFNO/c15-11-6-13-14(7-12(11)16)18-10(8-17-13)5-9-3-1-2-4-9/h6-7,9-10,17H,1-5,8H2. The van der Waals surface area contributed by atoms with Crippen molar-refractivity contribution in [2.24, 2.45) is 5.92 Å². The van der Waals surface area contributed by atoms with Crippen LogP contribution in [-0.4, -0.2) is 12.6 Å². The van der Waals surface area contributed by atoms with E-state index in [-0.39, 0.29) is 11.1 Å². The summed E-state index contributed by atoms with van der Waals surface area (Å²) < 4.78 is 19.3. The lowest BCUT2D eigenvalue weighted by molar-refractivity contribution is 0.172. The molecule has 3 rings (SSSR count). The van der Waals surface area contributed by atoms with Crippen LogP contribution in [0.2, 0.25) is 5.02 Å². The van der Waals surface area contributed by atoms with Gasteiger partial charge in [-0.2, -0.15) is 0 Å². The molecule has 1 heterocycles. The van der Waals surface area contributed by atoms with Crippen molar-refractivity contribution >= 4 is 17.3 Å². The Labute approximate surface area is 111 Å². The molecule has 0 saturated heterocycles. The van der Waals surface area contributed by atoms with E-state index in [9.17, 15) is 4.39 Å². The molecule has 1 saturated carbocycles. The molecule has 1 N–H and O–H groups in total. The van der Waals surface area contributed by atoms with Gasteiger partial charge in [0.05, 0.1) is 17.3 Å². The van der Waals surface area contributed by atoms with Gasteiger partial charge < -0.3 is 10.1 Å². The summed E-state index contributed by atoms with van der Waals surface area (Å²) in [7, 11) is 0. The van der Waals surface area contributed by atoms with Gasteiger partial charge in [-0.3, -0.25) is 0 Å². The topological polar surface area (TPSA) is 21.3 Å². The predicted octanol–water partition coefficient (Wildman–Crippen LogP) is 4.23. The number of fused-ring (bicyclic) bond motifs is 1. The lowest BCUT2D eigenvalue weighted by atomic mass is 9.99. The average molecular weight is 270 g/mol. The van der Waals surface area contributed by atoms with Crippen molar-refractivity contribution in [2.75, 3.05) is 11.9 Å². The number of hydrogen-bond donors (Lipinski definition) is 1. The van der Waals surface area contributed by atoms with E-state index in [1.165, 1.54) is 31.7 Å². The quantitative estimate of drug-likeness (QED) is 0.867. The van der Waals surface area contributed by atoms with Gasteiger partial charge in [-0.1, -0.05) is 37.3 Å². The third-order valence-electron chi connectivity index (χ3n) is 3.91. The zero-order chi connectivity index (χ0) is 12.5. The van der Waals surface area contributed by atoms with E-state index < -0.39 is 5.82 Å². The second-order valence-corrected chi connectivity index (χ2v) is 5.68. The zero-order valence-electron chi connectivity index (χ0n) is 10.2. The fourth-order valence-corrected chi connectivity index (χ4v) is 3.12. The Morgan fingerprint density at radius 2 is 2.11 bits per heavy atom. The second-order valence-electron chi connectivity index (χ2n) is 5.27. The van der Waals surface area contributed by atoms with Crippen LogP contribution in [0.4, 0.5) is 10.1 Å². The maximum Gasteiger partial charge on any atom is 0.145 e. The summed E-state index contributed by atoms with van der Waals surface area (Å²) in [5, 5.41) is 3.42. The summed E-state index contributed by atoms with van der Waals surface area (Å²) in [6.45, 7) is 0.783. The highest BCUT2D eigenvalue weighted by molar-refractivity contribution is 6.31. The van der Waals surface area contributed by atoms with Gasteiger partial charge in [-0.05, 0) is 18.4 Å². The monoisotopic (exact) mass is 269 g/mol. The van der Waals surface area contributed by atoms with E-state index in [2.05, 4.69) is 5.32 Å². The van der Waals surface area contributed by atoms with E-state index in [4.69, 9.17) is 16.3 Å². The first-order valence-corrected chi connectivity index (χ1v) is 7.00. The minimum atomic E-state index is -0.418. The molecule has 18 heavy (non-hydrogen) atoms. The molecular weight excluding hydrogens is 253 g/mol. The third-order valence-corrected chi connectivity index (χ3v) is 4.20. The lowest BCUT2D eigenvalue weighted by Gasteiger charge is -2.29. The maximum absolute atomic E-state index is 13.4. The lowest BCUT2D eigenvalue weighted by Crippen LogP contribution is -2.32. The molecule has 1 fully saturated rings. The van der Waals surface area contributed by atoms with Gasteiger partial charge >= 0.3 is 0 Å². The molecular formula is C14H17ClFNO. The number of nitrogens with one attached hydrogen (secondary N) is 1. The highest BCUT2D eigenvalue weighted by atomic mass is 35.5. The Balaban J connectivity index is 1.70. The molecule has 0 amide bonds. The van der Waals surface area contributed by atoms with Gasteiger partial charge in [0.15, 0.2) is 0 Å². The van der Waals surface area contributed by atoms with E-state index >= 15 is 0 Å². The Morgan fingerprint density at radius 3 is 2.89 bits per heavy atom. The molecule has 1 atom stereocenters. The summed E-state index contributed by atoms with van der Waals surface area (Å²) in [5.74, 6) is 0.945. The molecule has 98 valence electrons. The Morgan fingerprint density at radius 1 is 1.33 bits per heavy atom. The van der Waals surface area contributed by atoms with Crippen molar-refractivity contribution in [3.05, 3.63) is 23.0 Å². The third kappa shape index (κ3) is 2.41. The Bertz CT molecular complexity index is 446. The van der Waals surface area contributed by atoms with Crippen LogP contribution in [-0.2, 0) is 0 Å². The van der Waals surface area contributed by atoms with Crippen molar-refractivity contribution in [1.29, 1.82) is 0 Å². The van der Waals surface area contributed by atoms with Gasteiger partial charge in [-0.25, -0.2) is 4.39 Å². The van der Waals surface area contributed by atoms with E-state index in [1.54, 1.807) is 6.07 Å². The number of benzene rings is 1. The van der Waals surface area contributed by atoms with E-state index in [0.29, 0.717) is 5.75 Å². The molecule has 1 aromatic carbocycles.